The smallest absolute Gasteiger partial charge is 0.221 e. The third-order valence-electron chi connectivity index (χ3n) is 4.01. The van der Waals surface area contributed by atoms with Gasteiger partial charge < -0.3 is 10.6 Å². The lowest BCUT2D eigenvalue weighted by atomic mass is 9.95. The predicted octanol–water partition coefficient (Wildman–Crippen LogP) is 3.50. The molecule has 1 aromatic rings. The molecule has 0 heterocycles. The molecule has 1 fully saturated rings. The molecule has 3 heteroatoms. The molecule has 2 N–H and O–H groups in total. The fraction of sp³-hybridized carbons (Fsp3) is 0.588. The van der Waals surface area contributed by atoms with Crippen LogP contribution in [0.2, 0.25) is 0 Å². The zero-order valence-corrected chi connectivity index (χ0v) is 12.5. The molecule has 1 saturated carbocycles. The van der Waals surface area contributed by atoms with Crippen LogP contribution in [0.1, 0.15) is 51.0 Å². The number of benzene rings is 1. The van der Waals surface area contributed by atoms with Crippen molar-refractivity contribution in [1.29, 1.82) is 0 Å². The van der Waals surface area contributed by atoms with Gasteiger partial charge >= 0.3 is 0 Å². The predicted molar refractivity (Wildman–Crippen MR) is 83.9 cm³/mol. The van der Waals surface area contributed by atoms with Gasteiger partial charge in [0, 0.05) is 24.7 Å². The topological polar surface area (TPSA) is 41.1 Å². The van der Waals surface area contributed by atoms with Crippen molar-refractivity contribution >= 4 is 11.6 Å². The molecule has 0 unspecified atom stereocenters. The van der Waals surface area contributed by atoms with E-state index in [1.807, 2.05) is 0 Å². The first-order chi connectivity index (χ1) is 9.78. The molecule has 0 atom stereocenters. The van der Waals surface area contributed by atoms with Crippen LogP contribution in [0, 0.1) is 0 Å². The number of amides is 1. The Morgan fingerprint density at radius 2 is 1.85 bits per heavy atom. The first-order valence-corrected chi connectivity index (χ1v) is 7.90. The van der Waals surface area contributed by atoms with E-state index < -0.39 is 0 Å². The first-order valence-electron chi connectivity index (χ1n) is 7.90. The molecule has 0 aliphatic heterocycles. The number of carbonyl (C=O) groups is 1. The summed E-state index contributed by atoms with van der Waals surface area (Å²) in [6.45, 7) is 2.85. The van der Waals surface area contributed by atoms with Crippen molar-refractivity contribution in [3.63, 3.8) is 0 Å². The second-order valence-corrected chi connectivity index (χ2v) is 5.63. The fourth-order valence-electron chi connectivity index (χ4n) is 2.73. The first kappa shape index (κ1) is 14.9. The minimum atomic E-state index is 0.176. The van der Waals surface area contributed by atoms with Gasteiger partial charge in [0.25, 0.3) is 0 Å². The third kappa shape index (κ3) is 4.87. The molecule has 110 valence electrons. The second kappa shape index (κ2) is 7.93. The summed E-state index contributed by atoms with van der Waals surface area (Å²) < 4.78 is 0. The molecule has 0 bridgehead atoms. The SMILES string of the molecule is CCc1ccc(NCCC(=O)NC2CCCCC2)cc1. The summed E-state index contributed by atoms with van der Waals surface area (Å²) in [7, 11) is 0. The molecule has 1 aliphatic carbocycles. The summed E-state index contributed by atoms with van der Waals surface area (Å²) in [5, 5.41) is 6.45. The van der Waals surface area contributed by atoms with Crippen LogP contribution >= 0.6 is 0 Å². The van der Waals surface area contributed by atoms with Gasteiger partial charge in [0.1, 0.15) is 0 Å². The third-order valence-corrected chi connectivity index (χ3v) is 4.01. The molecular formula is C17H26N2O. The summed E-state index contributed by atoms with van der Waals surface area (Å²) in [5.74, 6) is 0.176. The van der Waals surface area contributed by atoms with Crippen molar-refractivity contribution in [2.75, 3.05) is 11.9 Å². The van der Waals surface area contributed by atoms with Crippen LogP contribution in [0.4, 0.5) is 5.69 Å². The Bertz CT molecular complexity index is 408. The van der Waals surface area contributed by atoms with E-state index in [0.717, 1.165) is 24.9 Å². The van der Waals surface area contributed by atoms with Crippen molar-refractivity contribution in [2.45, 2.75) is 57.9 Å². The Hall–Kier alpha value is -1.51. The zero-order chi connectivity index (χ0) is 14.2. The Kier molecular flexibility index (Phi) is 5.90. The van der Waals surface area contributed by atoms with Crippen molar-refractivity contribution in [3.05, 3.63) is 29.8 Å². The number of nitrogens with one attached hydrogen (secondary N) is 2. The van der Waals surface area contributed by atoms with Crippen LogP contribution in [0.3, 0.4) is 0 Å². The average molecular weight is 274 g/mol. The van der Waals surface area contributed by atoms with Crippen molar-refractivity contribution in [2.24, 2.45) is 0 Å². The Labute approximate surface area is 122 Å². The summed E-state index contributed by atoms with van der Waals surface area (Å²) >= 11 is 0. The monoisotopic (exact) mass is 274 g/mol. The molecule has 20 heavy (non-hydrogen) atoms. The van der Waals surface area contributed by atoms with Crippen LogP contribution in [-0.2, 0) is 11.2 Å². The van der Waals surface area contributed by atoms with Gasteiger partial charge in [-0.05, 0) is 37.0 Å². The Morgan fingerprint density at radius 3 is 2.50 bits per heavy atom. The largest absolute Gasteiger partial charge is 0.385 e. The van der Waals surface area contributed by atoms with Crippen LogP contribution in [-0.4, -0.2) is 18.5 Å². The van der Waals surface area contributed by atoms with Gasteiger partial charge in [-0.2, -0.15) is 0 Å². The molecule has 2 rings (SSSR count). The van der Waals surface area contributed by atoms with Gasteiger partial charge in [-0.15, -0.1) is 0 Å². The van der Waals surface area contributed by atoms with Crippen LogP contribution < -0.4 is 10.6 Å². The van der Waals surface area contributed by atoms with E-state index in [9.17, 15) is 4.79 Å². The number of carbonyl (C=O) groups excluding carboxylic acids is 1. The van der Waals surface area contributed by atoms with Crippen molar-refractivity contribution in [3.8, 4) is 0 Å². The lowest BCUT2D eigenvalue weighted by Gasteiger charge is -2.22. The zero-order valence-electron chi connectivity index (χ0n) is 12.5. The highest BCUT2D eigenvalue weighted by atomic mass is 16.1. The molecule has 0 radical (unpaired) electrons. The molecule has 1 aromatic carbocycles. The highest BCUT2D eigenvalue weighted by Gasteiger charge is 2.15. The van der Waals surface area contributed by atoms with E-state index in [4.69, 9.17) is 0 Å². The molecule has 0 spiro atoms. The quantitative estimate of drug-likeness (QED) is 0.833. The van der Waals surface area contributed by atoms with Crippen LogP contribution in [0.15, 0.2) is 24.3 Å². The highest BCUT2D eigenvalue weighted by Crippen LogP contribution is 2.17. The fourth-order valence-corrected chi connectivity index (χ4v) is 2.73. The minimum absolute atomic E-state index is 0.176. The normalized spacial score (nSPS) is 15.8. The molecular weight excluding hydrogens is 248 g/mol. The molecule has 1 aliphatic rings. The van der Waals surface area contributed by atoms with E-state index in [1.165, 1.54) is 24.8 Å². The van der Waals surface area contributed by atoms with E-state index in [1.54, 1.807) is 0 Å². The number of anilines is 1. The van der Waals surface area contributed by atoms with Crippen molar-refractivity contribution < 1.29 is 4.79 Å². The number of aryl methyl sites for hydroxylation is 1. The summed E-state index contributed by atoms with van der Waals surface area (Å²) in [5.41, 5.74) is 2.43. The number of hydrogen-bond acceptors (Lipinski definition) is 2. The molecule has 0 saturated heterocycles. The standard InChI is InChI=1S/C17H26N2O/c1-2-14-8-10-15(11-9-14)18-13-12-17(20)19-16-6-4-3-5-7-16/h8-11,16,18H,2-7,12-13H2,1H3,(H,19,20). The molecule has 3 nitrogen and oxygen atoms in total. The lowest BCUT2D eigenvalue weighted by molar-refractivity contribution is -0.121. The maximum absolute atomic E-state index is 11.9. The van der Waals surface area contributed by atoms with Gasteiger partial charge in [0.05, 0.1) is 0 Å². The Morgan fingerprint density at radius 1 is 1.15 bits per heavy atom. The average Bonchev–Trinajstić information content (AvgIpc) is 2.49. The van der Waals surface area contributed by atoms with E-state index in [0.29, 0.717) is 19.0 Å². The maximum Gasteiger partial charge on any atom is 0.221 e. The molecule has 1 amide bonds. The second-order valence-electron chi connectivity index (χ2n) is 5.63. The number of hydrogen-bond donors (Lipinski definition) is 2. The van der Waals surface area contributed by atoms with E-state index in [-0.39, 0.29) is 5.91 Å². The molecule has 0 aromatic heterocycles. The Balaban J connectivity index is 1.65. The maximum atomic E-state index is 11.9. The van der Waals surface area contributed by atoms with Gasteiger partial charge in [0.15, 0.2) is 0 Å². The van der Waals surface area contributed by atoms with Gasteiger partial charge in [-0.1, -0.05) is 38.3 Å². The summed E-state index contributed by atoms with van der Waals surface area (Å²) in [6.07, 6.45) is 7.74. The summed E-state index contributed by atoms with van der Waals surface area (Å²) in [6, 6.07) is 8.84. The van der Waals surface area contributed by atoms with Gasteiger partial charge in [-0.25, -0.2) is 0 Å². The van der Waals surface area contributed by atoms with Gasteiger partial charge in [0.2, 0.25) is 5.91 Å². The van der Waals surface area contributed by atoms with E-state index >= 15 is 0 Å². The highest BCUT2D eigenvalue weighted by molar-refractivity contribution is 5.76. The lowest BCUT2D eigenvalue weighted by Crippen LogP contribution is -2.36. The van der Waals surface area contributed by atoms with Crippen LogP contribution in [0.25, 0.3) is 0 Å². The van der Waals surface area contributed by atoms with E-state index in [2.05, 4.69) is 41.8 Å². The minimum Gasteiger partial charge on any atom is -0.385 e. The van der Waals surface area contributed by atoms with Gasteiger partial charge in [-0.3, -0.25) is 4.79 Å². The van der Waals surface area contributed by atoms with Crippen molar-refractivity contribution in [1.82, 2.24) is 5.32 Å². The van der Waals surface area contributed by atoms with Crippen LogP contribution in [0.5, 0.6) is 0 Å². The summed E-state index contributed by atoms with van der Waals surface area (Å²) in [4.78, 5) is 11.9. The number of rotatable bonds is 6.